The van der Waals surface area contributed by atoms with Gasteiger partial charge in [-0.3, -0.25) is 0 Å². The number of carboxylic acids is 1. The molecule has 0 bridgehead atoms. The lowest BCUT2D eigenvalue weighted by molar-refractivity contribution is 0.0187. The number of carbonyl (C=O) groups is 1. The lowest BCUT2D eigenvalue weighted by Crippen LogP contribution is -2.06. The molecule has 2 rings (SSSR count). The van der Waals surface area contributed by atoms with E-state index in [2.05, 4.69) is 4.98 Å². The standard InChI is InChI=1S/C12H11F2NO3S/c13-10(14)6-18-4-3-11-15-8-2-1-7(12(16)17)5-9(8)19-11/h1-2,5,10H,3-4,6H2,(H,16,17). The Kier molecular flexibility index (Phi) is 4.39. The number of thiazole rings is 1. The van der Waals surface area contributed by atoms with E-state index < -0.39 is 19.0 Å². The first-order valence-electron chi connectivity index (χ1n) is 5.55. The molecule has 0 saturated heterocycles. The molecule has 0 unspecified atom stereocenters. The van der Waals surface area contributed by atoms with Gasteiger partial charge < -0.3 is 9.84 Å². The number of alkyl halides is 2. The number of ether oxygens (including phenoxy) is 1. The first-order chi connectivity index (χ1) is 9.06. The molecule has 19 heavy (non-hydrogen) atoms. The van der Waals surface area contributed by atoms with Gasteiger partial charge in [-0.25, -0.2) is 18.6 Å². The Balaban J connectivity index is 2.03. The van der Waals surface area contributed by atoms with E-state index in [1.54, 1.807) is 12.1 Å². The summed E-state index contributed by atoms with van der Waals surface area (Å²) in [6.45, 7) is -0.399. The highest BCUT2D eigenvalue weighted by molar-refractivity contribution is 7.18. The van der Waals surface area contributed by atoms with Gasteiger partial charge in [0.15, 0.2) is 0 Å². The van der Waals surface area contributed by atoms with E-state index in [0.29, 0.717) is 11.9 Å². The quantitative estimate of drug-likeness (QED) is 0.830. The van der Waals surface area contributed by atoms with Gasteiger partial charge in [0.1, 0.15) is 6.61 Å². The van der Waals surface area contributed by atoms with Crippen molar-refractivity contribution in [3.8, 4) is 0 Å². The normalized spacial score (nSPS) is 11.3. The van der Waals surface area contributed by atoms with Gasteiger partial charge in [0.05, 0.1) is 27.4 Å². The predicted octanol–water partition coefficient (Wildman–Crippen LogP) is 2.82. The maximum absolute atomic E-state index is 11.9. The number of fused-ring (bicyclic) bond motifs is 1. The summed E-state index contributed by atoms with van der Waals surface area (Å²) in [7, 11) is 0. The van der Waals surface area contributed by atoms with Gasteiger partial charge in [0.25, 0.3) is 6.43 Å². The molecule has 0 radical (unpaired) electrons. The third-order valence-corrected chi connectivity index (χ3v) is 3.46. The van der Waals surface area contributed by atoms with E-state index in [1.807, 2.05) is 0 Å². The van der Waals surface area contributed by atoms with Gasteiger partial charge in [0, 0.05) is 6.42 Å². The maximum atomic E-state index is 11.9. The topological polar surface area (TPSA) is 59.4 Å². The van der Waals surface area contributed by atoms with Crippen LogP contribution in [0.2, 0.25) is 0 Å². The summed E-state index contributed by atoms with van der Waals surface area (Å²) in [6, 6.07) is 4.68. The minimum atomic E-state index is -2.46. The fraction of sp³-hybridized carbons (Fsp3) is 0.333. The zero-order valence-electron chi connectivity index (χ0n) is 9.81. The Morgan fingerprint density at radius 1 is 1.47 bits per heavy atom. The van der Waals surface area contributed by atoms with Crippen molar-refractivity contribution >= 4 is 27.5 Å². The fourth-order valence-corrected chi connectivity index (χ4v) is 2.53. The number of nitrogens with zero attached hydrogens (tertiary/aromatic N) is 1. The molecular formula is C12H11F2NO3S. The SMILES string of the molecule is O=C(O)c1ccc2nc(CCOCC(F)F)sc2c1. The van der Waals surface area contributed by atoms with Gasteiger partial charge in [-0.05, 0) is 18.2 Å². The van der Waals surface area contributed by atoms with E-state index in [9.17, 15) is 13.6 Å². The van der Waals surface area contributed by atoms with Crippen LogP contribution in [0.1, 0.15) is 15.4 Å². The zero-order chi connectivity index (χ0) is 13.8. The molecule has 1 N–H and O–H groups in total. The van der Waals surface area contributed by atoms with E-state index in [1.165, 1.54) is 17.4 Å². The van der Waals surface area contributed by atoms with Crippen LogP contribution >= 0.6 is 11.3 Å². The van der Waals surface area contributed by atoms with E-state index in [0.717, 1.165) is 9.71 Å². The van der Waals surface area contributed by atoms with Crippen LogP contribution in [0.15, 0.2) is 18.2 Å². The molecule has 4 nitrogen and oxygen atoms in total. The molecule has 0 aliphatic heterocycles. The minimum absolute atomic E-state index is 0.177. The van der Waals surface area contributed by atoms with Crippen LogP contribution in [-0.2, 0) is 11.2 Å². The molecule has 2 aromatic rings. The Morgan fingerprint density at radius 2 is 2.26 bits per heavy atom. The molecular weight excluding hydrogens is 276 g/mol. The number of hydrogen-bond donors (Lipinski definition) is 1. The second kappa shape index (κ2) is 6.03. The van der Waals surface area contributed by atoms with Crippen LogP contribution in [0.25, 0.3) is 10.2 Å². The van der Waals surface area contributed by atoms with Crippen LogP contribution in [0.4, 0.5) is 8.78 Å². The van der Waals surface area contributed by atoms with Crippen molar-refractivity contribution < 1.29 is 23.4 Å². The van der Waals surface area contributed by atoms with Crippen molar-refractivity contribution in [3.63, 3.8) is 0 Å². The van der Waals surface area contributed by atoms with Gasteiger partial charge in [-0.1, -0.05) is 0 Å². The van der Waals surface area contributed by atoms with Gasteiger partial charge in [0.2, 0.25) is 0 Å². The Hall–Kier alpha value is -1.60. The van der Waals surface area contributed by atoms with E-state index >= 15 is 0 Å². The Bertz CT molecular complexity index is 585. The summed E-state index contributed by atoms with van der Waals surface area (Å²) in [4.78, 5) is 15.1. The molecule has 0 atom stereocenters. The lowest BCUT2D eigenvalue weighted by atomic mass is 10.2. The molecule has 0 fully saturated rings. The second-order valence-corrected chi connectivity index (χ2v) is 4.93. The van der Waals surface area contributed by atoms with Crippen molar-refractivity contribution in [1.29, 1.82) is 0 Å². The van der Waals surface area contributed by atoms with Crippen LogP contribution in [-0.4, -0.2) is 35.7 Å². The molecule has 0 amide bonds. The van der Waals surface area contributed by atoms with Crippen LogP contribution in [0.3, 0.4) is 0 Å². The number of carboxylic acid groups (broad SMARTS) is 1. The zero-order valence-corrected chi connectivity index (χ0v) is 10.6. The third-order valence-electron chi connectivity index (χ3n) is 2.38. The molecule has 0 aliphatic carbocycles. The number of rotatable bonds is 6. The molecule has 1 aromatic heterocycles. The first-order valence-corrected chi connectivity index (χ1v) is 6.36. The number of aromatic carboxylic acids is 1. The summed E-state index contributed by atoms with van der Waals surface area (Å²) < 4.78 is 29.3. The van der Waals surface area contributed by atoms with Crippen LogP contribution in [0.5, 0.6) is 0 Å². The highest BCUT2D eigenvalue weighted by Gasteiger charge is 2.08. The minimum Gasteiger partial charge on any atom is -0.478 e. The second-order valence-electron chi connectivity index (χ2n) is 3.81. The molecule has 102 valence electrons. The molecule has 0 aliphatic rings. The molecule has 1 heterocycles. The monoisotopic (exact) mass is 287 g/mol. The summed E-state index contributed by atoms with van der Waals surface area (Å²) in [5.41, 5.74) is 0.913. The number of benzene rings is 1. The van der Waals surface area contributed by atoms with Crippen molar-refractivity contribution in [3.05, 3.63) is 28.8 Å². The van der Waals surface area contributed by atoms with Gasteiger partial charge in [-0.15, -0.1) is 11.3 Å². The maximum Gasteiger partial charge on any atom is 0.335 e. The Morgan fingerprint density at radius 3 is 2.95 bits per heavy atom. The first kappa shape index (κ1) is 13.8. The number of halogens is 2. The Labute approximate surface area is 111 Å². The van der Waals surface area contributed by atoms with E-state index in [4.69, 9.17) is 9.84 Å². The van der Waals surface area contributed by atoms with Crippen molar-refractivity contribution in [2.75, 3.05) is 13.2 Å². The van der Waals surface area contributed by atoms with Crippen molar-refractivity contribution in [2.24, 2.45) is 0 Å². The molecule has 1 aromatic carbocycles. The predicted molar refractivity (Wildman–Crippen MR) is 67.1 cm³/mol. The highest BCUT2D eigenvalue weighted by atomic mass is 32.1. The molecule has 7 heteroatoms. The van der Waals surface area contributed by atoms with Crippen LogP contribution in [0, 0.1) is 0 Å². The average Bonchev–Trinajstić information content (AvgIpc) is 2.75. The number of hydrogen-bond acceptors (Lipinski definition) is 4. The largest absolute Gasteiger partial charge is 0.478 e. The lowest BCUT2D eigenvalue weighted by Gasteiger charge is -2.00. The highest BCUT2D eigenvalue weighted by Crippen LogP contribution is 2.23. The molecule has 0 spiro atoms. The third kappa shape index (κ3) is 3.68. The summed E-state index contributed by atoms with van der Waals surface area (Å²) >= 11 is 1.35. The van der Waals surface area contributed by atoms with Crippen molar-refractivity contribution in [2.45, 2.75) is 12.8 Å². The number of aromatic nitrogens is 1. The average molecular weight is 287 g/mol. The van der Waals surface area contributed by atoms with Gasteiger partial charge >= 0.3 is 5.97 Å². The van der Waals surface area contributed by atoms with E-state index in [-0.39, 0.29) is 12.2 Å². The van der Waals surface area contributed by atoms with Gasteiger partial charge in [-0.2, -0.15) is 0 Å². The summed E-state index contributed by atoms with van der Waals surface area (Å²) in [5, 5.41) is 9.61. The smallest absolute Gasteiger partial charge is 0.335 e. The fourth-order valence-electron chi connectivity index (χ4n) is 1.54. The molecule has 0 saturated carbocycles. The van der Waals surface area contributed by atoms with Crippen LogP contribution < -0.4 is 0 Å². The summed E-state index contributed by atoms with van der Waals surface area (Å²) in [6.07, 6.45) is -2.03. The van der Waals surface area contributed by atoms with Crippen molar-refractivity contribution in [1.82, 2.24) is 4.98 Å². The summed E-state index contributed by atoms with van der Waals surface area (Å²) in [5.74, 6) is -0.989.